The van der Waals surface area contributed by atoms with Crippen molar-refractivity contribution in [2.24, 2.45) is 17.8 Å². The molecule has 2 N–H and O–H groups in total. The zero-order chi connectivity index (χ0) is 15.6. The van der Waals surface area contributed by atoms with E-state index < -0.39 is 17.8 Å². The van der Waals surface area contributed by atoms with Crippen LogP contribution in [0.4, 0.5) is 0 Å². The van der Waals surface area contributed by atoms with Crippen LogP contribution < -0.4 is 5.32 Å². The van der Waals surface area contributed by atoms with Crippen LogP contribution in [0.3, 0.4) is 0 Å². The lowest BCUT2D eigenvalue weighted by Crippen LogP contribution is -2.36. The number of carboxylic acid groups (broad SMARTS) is 1. The molecule has 0 saturated heterocycles. The predicted octanol–water partition coefficient (Wildman–Crippen LogP) is 3.26. The molecule has 0 aliphatic heterocycles. The highest BCUT2D eigenvalue weighted by molar-refractivity contribution is 6.30. The van der Waals surface area contributed by atoms with Gasteiger partial charge in [-0.05, 0) is 43.4 Å². The molecule has 1 fully saturated rings. The Labute approximate surface area is 129 Å². The molecule has 1 aliphatic carbocycles. The first-order valence-electron chi connectivity index (χ1n) is 7.17. The number of carboxylic acids is 1. The lowest BCUT2D eigenvalue weighted by molar-refractivity contribution is -0.146. The summed E-state index contributed by atoms with van der Waals surface area (Å²) in [6, 6.07) is 7.11. The van der Waals surface area contributed by atoms with E-state index in [1.165, 1.54) is 0 Å². The van der Waals surface area contributed by atoms with Gasteiger partial charge in [0.25, 0.3) is 0 Å². The molecular formula is C16H20ClNO3. The van der Waals surface area contributed by atoms with E-state index in [2.05, 4.69) is 5.32 Å². The quantitative estimate of drug-likeness (QED) is 0.897. The first-order chi connectivity index (χ1) is 9.88. The third kappa shape index (κ3) is 3.76. The Bertz CT molecular complexity index is 546. The van der Waals surface area contributed by atoms with E-state index in [4.69, 9.17) is 11.6 Å². The molecule has 1 aliphatic rings. The van der Waals surface area contributed by atoms with Crippen molar-refractivity contribution >= 4 is 23.5 Å². The zero-order valence-electron chi connectivity index (χ0n) is 12.2. The second-order valence-electron chi connectivity index (χ2n) is 5.91. The molecule has 1 aromatic carbocycles. The van der Waals surface area contributed by atoms with Gasteiger partial charge in [-0.3, -0.25) is 9.59 Å². The van der Waals surface area contributed by atoms with Gasteiger partial charge in [0.15, 0.2) is 0 Å². The van der Waals surface area contributed by atoms with Crippen LogP contribution in [0.15, 0.2) is 24.3 Å². The number of nitrogens with one attached hydrogen (secondary N) is 1. The second kappa shape index (κ2) is 6.48. The van der Waals surface area contributed by atoms with Crippen molar-refractivity contribution in [1.29, 1.82) is 0 Å². The maximum absolute atomic E-state index is 12.4. The molecule has 2 rings (SSSR count). The van der Waals surface area contributed by atoms with Crippen LogP contribution in [-0.4, -0.2) is 17.0 Å². The van der Waals surface area contributed by atoms with Gasteiger partial charge in [-0.15, -0.1) is 0 Å². The first-order valence-corrected chi connectivity index (χ1v) is 7.55. The highest BCUT2D eigenvalue weighted by Gasteiger charge is 2.41. The molecule has 4 nitrogen and oxygen atoms in total. The van der Waals surface area contributed by atoms with E-state index in [-0.39, 0.29) is 17.9 Å². The van der Waals surface area contributed by atoms with Gasteiger partial charge in [0.2, 0.25) is 5.91 Å². The van der Waals surface area contributed by atoms with Crippen molar-refractivity contribution in [2.75, 3.05) is 0 Å². The van der Waals surface area contributed by atoms with Gasteiger partial charge in [-0.2, -0.15) is 0 Å². The van der Waals surface area contributed by atoms with E-state index in [0.717, 1.165) is 5.56 Å². The van der Waals surface area contributed by atoms with E-state index >= 15 is 0 Å². The van der Waals surface area contributed by atoms with E-state index in [9.17, 15) is 14.7 Å². The van der Waals surface area contributed by atoms with E-state index in [1.807, 2.05) is 26.0 Å². The molecule has 3 unspecified atom stereocenters. The van der Waals surface area contributed by atoms with E-state index in [0.29, 0.717) is 17.9 Å². The fourth-order valence-electron chi connectivity index (χ4n) is 3.03. The number of benzene rings is 1. The molecule has 1 amide bonds. The minimum Gasteiger partial charge on any atom is -0.481 e. The maximum atomic E-state index is 12.4. The van der Waals surface area contributed by atoms with Crippen LogP contribution in [-0.2, 0) is 9.59 Å². The van der Waals surface area contributed by atoms with Crippen molar-refractivity contribution in [2.45, 2.75) is 32.7 Å². The molecule has 1 aromatic rings. The van der Waals surface area contributed by atoms with Crippen LogP contribution in [0.2, 0.25) is 5.02 Å². The van der Waals surface area contributed by atoms with Gasteiger partial charge in [0.05, 0.1) is 17.9 Å². The van der Waals surface area contributed by atoms with Gasteiger partial charge in [0, 0.05) is 5.02 Å². The van der Waals surface area contributed by atoms with Crippen molar-refractivity contribution in [1.82, 2.24) is 5.32 Å². The molecular weight excluding hydrogens is 290 g/mol. The summed E-state index contributed by atoms with van der Waals surface area (Å²) in [6.45, 7) is 3.86. The van der Waals surface area contributed by atoms with Crippen LogP contribution in [0, 0.1) is 17.8 Å². The lowest BCUT2D eigenvalue weighted by Gasteiger charge is -2.20. The molecule has 4 atom stereocenters. The van der Waals surface area contributed by atoms with Gasteiger partial charge in [-0.1, -0.05) is 30.7 Å². The largest absolute Gasteiger partial charge is 0.481 e. The SMILES string of the molecule is CC1CC(C(=O)O)C(C(=O)N[C@@H](C)c2cccc(Cl)c2)C1. The number of hydrogen-bond acceptors (Lipinski definition) is 2. The van der Waals surface area contributed by atoms with Crippen LogP contribution in [0.1, 0.15) is 38.3 Å². The number of hydrogen-bond donors (Lipinski definition) is 2. The van der Waals surface area contributed by atoms with E-state index in [1.54, 1.807) is 12.1 Å². The molecule has 1 saturated carbocycles. The molecule has 21 heavy (non-hydrogen) atoms. The highest BCUT2D eigenvalue weighted by atomic mass is 35.5. The Morgan fingerprint density at radius 3 is 2.62 bits per heavy atom. The Hall–Kier alpha value is -1.55. The zero-order valence-corrected chi connectivity index (χ0v) is 12.9. The Morgan fingerprint density at radius 1 is 1.33 bits per heavy atom. The summed E-state index contributed by atoms with van der Waals surface area (Å²) < 4.78 is 0. The summed E-state index contributed by atoms with van der Waals surface area (Å²) in [5, 5.41) is 12.8. The molecule has 0 aromatic heterocycles. The van der Waals surface area contributed by atoms with Crippen molar-refractivity contribution in [3.63, 3.8) is 0 Å². The van der Waals surface area contributed by atoms with Crippen LogP contribution >= 0.6 is 11.6 Å². The average Bonchev–Trinajstić information content (AvgIpc) is 2.81. The van der Waals surface area contributed by atoms with Gasteiger partial charge >= 0.3 is 5.97 Å². The number of carbonyl (C=O) groups is 2. The molecule has 0 heterocycles. The monoisotopic (exact) mass is 309 g/mol. The van der Waals surface area contributed by atoms with Gasteiger partial charge in [-0.25, -0.2) is 0 Å². The Kier molecular flexibility index (Phi) is 4.88. The minimum atomic E-state index is -0.880. The Morgan fingerprint density at radius 2 is 2.00 bits per heavy atom. The number of carbonyl (C=O) groups excluding carboxylic acids is 1. The summed E-state index contributed by atoms with van der Waals surface area (Å²) in [5.41, 5.74) is 0.911. The van der Waals surface area contributed by atoms with Gasteiger partial charge < -0.3 is 10.4 Å². The molecule has 0 spiro atoms. The summed E-state index contributed by atoms with van der Waals surface area (Å²) in [4.78, 5) is 23.6. The summed E-state index contributed by atoms with van der Waals surface area (Å²) in [7, 11) is 0. The fraction of sp³-hybridized carbons (Fsp3) is 0.500. The fourth-order valence-corrected chi connectivity index (χ4v) is 3.23. The lowest BCUT2D eigenvalue weighted by atomic mass is 9.94. The second-order valence-corrected chi connectivity index (χ2v) is 6.35. The minimum absolute atomic E-state index is 0.181. The van der Waals surface area contributed by atoms with Crippen LogP contribution in [0.5, 0.6) is 0 Å². The average molecular weight is 310 g/mol. The first kappa shape index (κ1) is 15.8. The number of amides is 1. The summed E-state index contributed by atoms with van der Waals surface area (Å²) >= 11 is 5.95. The molecule has 0 bridgehead atoms. The number of halogens is 1. The topological polar surface area (TPSA) is 66.4 Å². The maximum Gasteiger partial charge on any atom is 0.307 e. The molecule has 114 valence electrons. The number of rotatable bonds is 4. The predicted molar refractivity (Wildman–Crippen MR) is 81.0 cm³/mol. The summed E-state index contributed by atoms with van der Waals surface area (Å²) in [5.74, 6) is -1.82. The van der Waals surface area contributed by atoms with Crippen molar-refractivity contribution in [3.8, 4) is 0 Å². The standard InChI is InChI=1S/C16H20ClNO3/c1-9-6-13(14(7-9)16(20)21)15(19)18-10(2)11-4-3-5-12(17)8-11/h3-5,8-10,13-14H,6-7H2,1-2H3,(H,18,19)(H,20,21)/t9?,10-,13?,14?/m0/s1. The van der Waals surface area contributed by atoms with Gasteiger partial charge in [0.1, 0.15) is 0 Å². The Balaban J connectivity index is 2.05. The van der Waals surface area contributed by atoms with Crippen molar-refractivity contribution in [3.05, 3.63) is 34.9 Å². The highest BCUT2D eigenvalue weighted by Crippen LogP contribution is 2.36. The van der Waals surface area contributed by atoms with Crippen LogP contribution in [0.25, 0.3) is 0 Å². The smallest absolute Gasteiger partial charge is 0.307 e. The molecule has 0 radical (unpaired) electrons. The normalized spacial score (nSPS) is 26.3. The number of aliphatic carboxylic acids is 1. The third-order valence-electron chi connectivity index (χ3n) is 4.16. The molecule has 5 heteroatoms. The third-order valence-corrected chi connectivity index (χ3v) is 4.39. The van der Waals surface area contributed by atoms with Crippen molar-refractivity contribution < 1.29 is 14.7 Å². The summed E-state index contributed by atoms with van der Waals surface area (Å²) in [6.07, 6.45) is 1.20.